The van der Waals surface area contributed by atoms with E-state index in [0.29, 0.717) is 0 Å². The lowest BCUT2D eigenvalue weighted by molar-refractivity contribution is -0.145. The molecular formula is C22H33N7O6. The summed E-state index contributed by atoms with van der Waals surface area (Å²) in [4.78, 5) is 73.6. The minimum Gasteiger partial charge on any atom is -0.339 e. The van der Waals surface area contributed by atoms with Crippen molar-refractivity contribution in [2.75, 3.05) is 0 Å². The topological polar surface area (TPSA) is 169 Å². The predicted molar refractivity (Wildman–Crippen MR) is 124 cm³/mol. The molecule has 6 unspecified atom stereocenters. The Balaban J connectivity index is 1.74. The number of nitrogens with zero attached hydrogens (tertiary/aromatic N) is 2. The molecule has 0 radical (unpaired) electrons. The summed E-state index contributed by atoms with van der Waals surface area (Å²) in [5, 5.41) is 14.9. The standard InChI is InChI=1S/C22H33N7O6/c1-11(28-17(30)7-8-18(28)31)21(34)26-15(5)24-13(3)23-14(4)25-16(6)27-22(35)12(2)29-19(32)9-10-20(29)33/h7-16,23-25H,1-6H3,(H,26,34)(H,27,35). The van der Waals surface area contributed by atoms with E-state index < -0.39 is 59.9 Å². The van der Waals surface area contributed by atoms with Gasteiger partial charge in [-0.25, -0.2) is 0 Å². The molecule has 0 aromatic heterocycles. The van der Waals surface area contributed by atoms with Crippen LogP contribution in [0.5, 0.6) is 0 Å². The van der Waals surface area contributed by atoms with E-state index in [4.69, 9.17) is 0 Å². The van der Waals surface area contributed by atoms with Gasteiger partial charge >= 0.3 is 0 Å². The molecular weight excluding hydrogens is 458 g/mol. The molecule has 192 valence electrons. The second kappa shape index (κ2) is 11.8. The number of amides is 6. The molecule has 13 heteroatoms. The van der Waals surface area contributed by atoms with Gasteiger partial charge in [0.05, 0.1) is 24.7 Å². The van der Waals surface area contributed by atoms with Crippen LogP contribution in [0.3, 0.4) is 0 Å². The molecule has 0 saturated heterocycles. The zero-order valence-corrected chi connectivity index (χ0v) is 20.6. The largest absolute Gasteiger partial charge is 0.339 e. The van der Waals surface area contributed by atoms with Crippen LogP contribution in [0.2, 0.25) is 0 Å². The third-order valence-electron chi connectivity index (χ3n) is 5.44. The molecule has 0 saturated carbocycles. The van der Waals surface area contributed by atoms with Gasteiger partial charge in [0.25, 0.3) is 23.6 Å². The van der Waals surface area contributed by atoms with Gasteiger partial charge in [-0.05, 0) is 41.5 Å². The van der Waals surface area contributed by atoms with Gasteiger partial charge in [-0.2, -0.15) is 0 Å². The molecule has 0 spiro atoms. The molecule has 0 aliphatic carbocycles. The van der Waals surface area contributed by atoms with Crippen molar-refractivity contribution < 1.29 is 28.8 Å². The van der Waals surface area contributed by atoms with Gasteiger partial charge in [-0.1, -0.05) is 0 Å². The average molecular weight is 492 g/mol. The van der Waals surface area contributed by atoms with E-state index in [2.05, 4.69) is 26.6 Å². The first-order valence-corrected chi connectivity index (χ1v) is 11.3. The third-order valence-corrected chi connectivity index (χ3v) is 5.44. The van der Waals surface area contributed by atoms with Crippen LogP contribution < -0.4 is 26.6 Å². The van der Waals surface area contributed by atoms with Gasteiger partial charge in [0.1, 0.15) is 12.1 Å². The Kier molecular flexibility index (Phi) is 9.40. The lowest BCUT2D eigenvalue weighted by atomic mass is 10.2. The van der Waals surface area contributed by atoms with Crippen LogP contribution in [0, 0.1) is 0 Å². The summed E-state index contributed by atoms with van der Waals surface area (Å²) in [6.07, 6.45) is 2.97. The minimum absolute atomic E-state index is 0.285. The third kappa shape index (κ3) is 7.28. The molecule has 6 amide bonds. The maximum atomic E-state index is 12.4. The fourth-order valence-electron chi connectivity index (χ4n) is 3.79. The summed E-state index contributed by atoms with van der Waals surface area (Å²) < 4.78 is 0. The van der Waals surface area contributed by atoms with Gasteiger partial charge in [0.2, 0.25) is 11.8 Å². The number of rotatable bonds is 12. The van der Waals surface area contributed by atoms with Crippen molar-refractivity contribution in [3.05, 3.63) is 24.3 Å². The van der Waals surface area contributed by atoms with E-state index in [0.717, 1.165) is 34.1 Å². The van der Waals surface area contributed by atoms with E-state index >= 15 is 0 Å². The SMILES string of the molecule is CC(NC(=O)C(C)N1C(=O)C=CC1=O)NC(C)NC(C)NC(C)NC(=O)C(C)N1C(=O)C=CC1=O. The normalized spacial score (nSPS) is 20.6. The van der Waals surface area contributed by atoms with Crippen molar-refractivity contribution in [3.8, 4) is 0 Å². The maximum absolute atomic E-state index is 12.4. The summed E-state index contributed by atoms with van der Waals surface area (Å²) >= 11 is 0. The number of carbonyl (C=O) groups excluding carboxylic acids is 6. The van der Waals surface area contributed by atoms with Crippen molar-refractivity contribution in [3.63, 3.8) is 0 Å². The summed E-state index contributed by atoms with van der Waals surface area (Å²) in [6, 6.07) is -1.90. The van der Waals surface area contributed by atoms with Crippen molar-refractivity contribution in [1.82, 2.24) is 36.4 Å². The van der Waals surface area contributed by atoms with Gasteiger partial charge in [-0.15, -0.1) is 0 Å². The highest BCUT2D eigenvalue weighted by molar-refractivity contribution is 6.15. The van der Waals surface area contributed by atoms with Crippen LogP contribution in [0.15, 0.2) is 24.3 Å². The second-order valence-corrected chi connectivity index (χ2v) is 8.52. The van der Waals surface area contributed by atoms with E-state index in [-0.39, 0.29) is 12.3 Å². The van der Waals surface area contributed by atoms with Crippen molar-refractivity contribution in [2.45, 2.75) is 78.3 Å². The Morgan fingerprint density at radius 1 is 0.543 bits per heavy atom. The molecule has 2 aliphatic rings. The van der Waals surface area contributed by atoms with Crippen molar-refractivity contribution in [1.29, 1.82) is 0 Å². The second-order valence-electron chi connectivity index (χ2n) is 8.52. The van der Waals surface area contributed by atoms with Gasteiger partial charge < -0.3 is 10.6 Å². The molecule has 0 aromatic rings. The first kappa shape index (κ1) is 27.8. The summed E-state index contributed by atoms with van der Waals surface area (Å²) in [5.41, 5.74) is 0. The highest BCUT2D eigenvalue weighted by atomic mass is 16.2. The lowest BCUT2D eigenvalue weighted by Crippen LogP contribution is -2.60. The Bertz CT molecular complexity index is 839. The minimum atomic E-state index is -0.952. The smallest absolute Gasteiger partial charge is 0.254 e. The Morgan fingerprint density at radius 2 is 0.800 bits per heavy atom. The number of hydrogen-bond donors (Lipinski definition) is 5. The van der Waals surface area contributed by atoms with Crippen LogP contribution >= 0.6 is 0 Å². The predicted octanol–water partition coefficient (Wildman–Crippen LogP) is -2.00. The Hall–Kier alpha value is -3.42. The number of carbonyl (C=O) groups is 6. The molecule has 2 heterocycles. The molecule has 6 atom stereocenters. The van der Waals surface area contributed by atoms with E-state index in [1.54, 1.807) is 13.8 Å². The highest BCUT2D eigenvalue weighted by Crippen LogP contribution is 2.10. The molecule has 2 rings (SSSR count). The fraction of sp³-hybridized carbons (Fsp3) is 0.545. The van der Waals surface area contributed by atoms with Crippen LogP contribution in [-0.4, -0.2) is 82.0 Å². The van der Waals surface area contributed by atoms with Crippen LogP contribution in [0.1, 0.15) is 41.5 Å². The first-order valence-electron chi connectivity index (χ1n) is 11.3. The average Bonchev–Trinajstić information content (AvgIpc) is 3.26. The van der Waals surface area contributed by atoms with E-state index in [1.165, 1.54) is 13.8 Å². The molecule has 35 heavy (non-hydrogen) atoms. The Morgan fingerprint density at radius 3 is 1.09 bits per heavy atom. The zero-order valence-electron chi connectivity index (χ0n) is 20.6. The zero-order chi connectivity index (χ0) is 26.4. The summed E-state index contributed by atoms with van der Waals surface area (Å²) in [6.45, 7) is 10.0. The Labute approximate surface area is 203 Å². The van der Waals surface area contributed by atoms with E-state index in [1.807, 2.05) is 13.8 Å². The summed E-state index contributed by atoms with van der Waals surface area (Å²) in [5.74, 6) is -3.08. The monoisotopic (exact) mass is 491 g/mol. The molecule has 13 nitrogen and oxygen atoms in total. The number of nitrogens with one attached hydrogen (secondary N) is 5. The molecule has 0 aromatic carbocycles. The lowest BCUT2D eigenvalue weighted by Gasteiger charge is -2.30. The maximum Gasteiger partial charge on any atom is 0.254 e. The fourth-order valence-corrected chi connectivity index (χ4v) is 3.79. The van der Waals surface area contributed by atoms with Crippen LogP contribution in [0.4, 0.5) is 0 Å². The van der Waals surface area contributed by atoms with E-state index in [9.17, 15) is 28.8 Å². The molecule has 5 N–H and O–H groups in total. The van der Waals surface area contributed by atoms with Crippen LogP contribution in [0.25, 0.3) is 0 Å². The number of imide groups is 2. The molecule has 2 aliphatic heterocycles. The van der Waals surface area contributed by atoms with Crippen molar-refractivity contribution >= 4 is 35.4 Å². The van der Waals surface area contributed by atoms with Crippen LogP contribution in [-0.2, 0) is 28.8 Å². The van der Waals surface area contributed by atoms with Gasteiger partial charge in [0, 0.05) is 24.3 Å². The molecule has 0 fully saturated rings. The summed E-state index contributed by atoms with van der Waals surface area (Å²) in [7, 11) is 0. The quantitative estimate of drug-likeness (QED) is 0.153. The number of hydrogen-bond acceptors (Lipinski definition) is 9. The first-order chi connectivity index (χ1) is 16.3. The van der Waals surface area contributed by atoms with Gasteiger partial charge in [0.15, 0.2) is 0 Å². The molecule has 0 bridgehead atoms. The van der Waals surface area contributed by atoms with Crippen molar-refractivity contribution in [2.24, 2.45) is 0 Å². The van der Waals surface area contributed by atoms with Gasteiger partial charge in [-0.3, -0.25) is 54.5 Å². The highest BCUT2D eigenvalue weighted by Gasteiger charge is 2.34.